The van der Waals surface area contributed by atoms with Gasteiger partial charge in [0.05, 0.1) is 26.9 Å². The molecule has 1 aromatic carbocycles. The van der Waals surface area contributed by atoms with Gasteiger partial charge < -0.3 is 34.2 Å². The monoisotopic (exact) mass is 539 g/mol. The number of hydrogen-bond acceptors (Lipinski definition) is 11. The lowest BCUT2D eigenvalue weighted by molar-refractivity contribution is -0.151. The third kappa shape index (κ3) is 12.3. The van der Waals surface area contributed by atoms with Crippen molar-refractivity contribution in [1.82, 2.24) is 0 Å². The maximum absolute atomic E-state index is 12.6. The van der Waals surface area contributed by atoms with Gasteiger partial charge in [-0.25, -0.2) is 9.59 Å². The smallest absolute Gasteiger partial charge is 0.468 e. The Bertz CT molecular complexity index is 904. The number of methoxy groups -OCH3 is 1. The Labute approximate surface area is 224 Å². The van der Waals surface area contributed by atoms with Crippen LogP contribution >= 0.6 is 0 Å². The molecule has 11 nitrogen and oxygen atoms in total. The minimum Gasteiger partial charge on any atom is -0.468 e. The van der Waals surface area contributed by atoms with Crippen LogP contribution in [-0.4, -0.2) is 56.7 Å². The van der Waals surface area contributed by atoms with E-state index in [-0.39, 0.29) is 56.6 Å². The molecule has 0 saturated heterocycles. The summed E-state index contributed by atoms with van der Waals surface area (Å²) in [6.45, 7) is 6.12. The fourth-order valence-electron chi connectivity index (χ4n) is 3.24. The molecule has 1 aromatic rings. The summed E-state index contributed by atoms with van der Waals surface area (Å²) in [7, 11) is 1.21. The van der Waals surface area contributed by atoms with Gasteiger partial charge in [0, 0.05) is 19.3 Å². The number of hydrogen-bond donors (Lipinski definition) is 1. The predicted molar refractivity (Wildman–Crippen MR) is 138 cm³/mol. The van der Waals surface area contributed by atoms with Crippen molar-refractivity contribution in [3.8, 4) is 11.5 Å². The molecule has 11 heteroatoms. The number of carbonyl (C=O) groups is 4. The summed E-state index contributed by atoms with van der Waals surface area (Å²) in [5, 5.41) is 0. The highest BCUT2D eigenvalue weighted by Gasteiger charge is 2.36. The first-order valence-corrected chi connectivity index (χ1v) is 13.0. The number of unbranched alkanes of at least 4 members (excludes halogenated alkanes) is 3. The number of carbonyl (C=O) groups excluding carboxylic acids is 4. The molecule has 0 aliphatic carbocycles. The average molecular weight is 540 g/mol. The van der Waals surface area contributed by atoms with E-state index in [4.69, 9.17) is 34.2 Å². The number of rotatable bonds is 17. The largest absolute Gasteiger partial charge is 0.513 e. The summed E-state index contributed by atoms with van der Waals surface area (Å²) in [5.41, 5.74) is 5.32. The molecule has 1 rings (SSSR count). The maximum atomic E-state index is 12.6. The molecule has 214 valence electrons. The first-order chi connectivity index (χ1) is 18.2. The van der Waals surface area contributed by atoms with E-state index in [0.29, 0.717) is 24.8 Å². The fraction of sp³-hybridized carbons (Fsp3) is 0.630. The van der Waals surface area contributed by atoms with Crippen molar-refractivity contribution in [2.45, 2.75) is 84.1 Å². The zero-order chi connectivity index (χ0) is 28.4. The van der Waals surface area contributed by atoms with Gasteiger partial charge in [-0.1, -0.05) is 46.1 Å². The molecule has 38 heavy (non-hydrogen) atoms. The summed E-state index contributed by atoms with van der Waals surface area (Å²) in [5.74, 6) is -1.27. The van der Waals surface area contributed by atoms with Crippen molar-refractivity contribution in [2.24, 2.45) is 5.73 Å². The van der Waals surface area contributed by atoms with Crippen LogP contribution in [0.25, 0.3) is 0 Å². The molecule has 0 fully saturated rings. The molecular weight excluding hydrogens is 498 g/mol. The van der Waals surface area contributed by atoms with Crippen LogP contribution in [0.1, 0.15) is 77.7 Å². The Morgan fingerprint density at radius 2 is 1.37 bits per heavy atom. The van der Waals surface area contributed by atoms with Crippen molar-refractivity contribution >= 4 is 24.2 Å². The lowest BCUT2D eigenvalue weighted by Gasteiger charge is -2.26. The standard InChI is InChI=1S/C27H41NO10/c1-5-8-11-23(29)34-17-14-27(28,24(30)33-4)19-20-12-13-21(37-25(31)35-15-9-6-2)22(18-20)38-26(32)36-16-10-7-3/h12-13,18H,5-11,14-17,19,28H2,1-4H3/t27-/m1/s1. The molecule has 0 unspecified atom stereocenters. The van der Waals surface area contributed by atoms with Gasteiger partial charge in [-0.2, -0.15) is 0 Å². The Hall–Kier alpha value is -3.34. The van der Waals surface area contributed by atoms with E-state index in [1.54, 1.807) is 6.07 Å². The van der Waals surface area contributed by atoms with Crippen molar-refractivity contribution in [1.29, 1.82) is 0 Å². The number of nitrogens with two attached hydrogens (primary N) is 1. The van der Waals surface area contributed by atoms with Crippen LogP contribution in [-0.2, 0) is 35.0 Å². The molecule has 2 N–H and O–H groups in total. The lowest BCUT2D eigenvalue weighted by atomic mass is 9.88. The normalized spacial score (nSPS) is 12.1. The molecule has 0 bridgehead atoms. The summed E-state index contributed by atoms with van der Waals surface area (Å²) >= 11 is 0. The van der Waals surface area contributed by atoms with E-state index in [9.17, 15) is 19.2 Å². The quantitative estimate of drug-likeness (QED) is 0.125. The van der Waals surface area contributed by atoms with E-state index in [0.717, 1.165) is 19.3 Å². The van der Waals surface area contributed by atoms with Crippen molar-refractivity contribution < 1.29 is 47.6 Å². The van der Waals surface area contributed by atoms with Crippen molar-refractivity contribution in [3.63, 3.8) is 0 Å². The zero-order valence-corrected chi connectivity index (χ0v) is 22.9. The second-order valence-electron chi connectivity index (χ2n) is 8.79. The highest BCUT2D eigenvalue weighted by molar-refractivity contribution is 5.81. The van der Waals surface area contributed by atoms with Gasteiger partial charge in [0.1, 0.15) is 5.54 Å². The highest BCUT2D eigenvalue weighted by Crippen LogP contribution is 2.31. The van der Waals surface area contributed by atoms with Crippen LogP contribution in [0.4, 0.5) is 9.59 Å². The minimum atomic E-state index is -1.54. The topological polar surface area (TPSA) is 150 Å². The molecule has 0 aliphatic heterocycles. The average Bonchev–Trinajstić information content (AvgIpc) is 2.88. The van der Waals surface area contributed by atoms with E-state index >= 15 is 0 Å². The van der Waals surface area contributed by atoms with Gasteiger partial charge in [-0.3, -0.25) is 9.59 Å². The molecule has 0 heterocycles. The molecular formula is C27H41NO10. The Kier molecular flexibility index (Phi) is 15.5. The van der Waals surface area contributed by atoms with Gasteiger partial charge in [-0.05, 0) is 37.0 Å². The van der Waals surface area contributed by atoms with E-state index in [2.05, 4.69) is 0 Å². The van der Waals surface area contributed by atoms with E-state index in [1.807, 2.05) is 20.8 Å². The van der Waals surface area contributed by atoms with Gasteiger partial charge in [0.25, 0.3) is 0 Å². The second kappa shape index (κ2) is 18.0. The van der Waals surface area contributed by atoms with Crippen LogP contribution in [0.2, 0.25) is 0 Å². The van der Waals surface area contributed by atoms with Gasteiger partial charge in [0.15, 0.2) is 11.5 Å². The molecule has 0 aliphatic rings. The Morgan fingerprint density at radius 1 is 0.789 bits per heavy atom. The second-order valence-corrected chi connectivity index (χ2v) is 8.79. The summed E-state index contributed by atoms with van der Waals surface area (Å²) in [4.78, 5) is 48.7. The van der Waals surface area contributed by atoms with Crippen LogP contribution in [0.3, 0.4) is 0 Å². The predicted octanol–water partition coefficient (Wildman–Crippen LogP) is 4.85. The zero-order valence-electron chi connectivity index (χ0n) is 22.9. The molecule has 0 amide bonds. The van der Waals surface area contributed by atoms with Gasteiger partial charge >= 0.3 is 24.2 Å². The molecule has 0 saturated carbocycles. The van der Waals surface area contributed by atoms with E-state index in [1.165, 1.54) is 19.2 Å². The summed E-state index contributed by atoms with van der Waals surface area (Å²) < 4.78 is 30.7. The minimum absolute atomic E-state index is 0.00516. The first kappa shape index (κ1) is 32.7. The Morgan fingerprint density at radius 3 is 1.92 bits per heavy atom. The van der Waals surface area contributed by atoms with Crippen LogP contribution in [0, 0.1) is 0 Å². The lowest BCUT2D eigenvalue weighted by Crippen LogP contribution is -2.51. The fourth-order valence-corrected chi connectivity index (χ4v) is 3.24. The van der Waals surface area contributed by atoms with Crippen LogP contribution in [0.5, 0.6) is 11.5 Å². The summed E-state index contributed by atoms with van der Waals surface area (Å²) in [6.07, 6.45) is 2.82. The number of ether oxygens (including phenoxy) is 6. The SMILES string of the molecule is CCCCOC(=O)Oc1ccc(C[C@](N)(CCOC(=O)CCCC)C(=O)OC)cc1OC(=O)OCCCC. The maximum Gasteiger partial charge on any atom is 0.513 e. The molecule has 0 radical (unpaired) electrons. The number of esters is 2. The van der Waals surface area contributed by atoms with E-state index < -0.39 is 23.8 Å². The first-order valence-electron chi connectivity index (χ1n) is 13.0. The third-order valence-electron chi connectivity index (χ3n) is 5.49. The van der Waals surface area contributed by atoms with Crippen molar-refractivity contribution in [2.75, 3.05) is 26.9 Å². The molecule has 0 spiro atoms. The highest BCUT2D eigenvalue weighted by atomic mass is 16.7. The van der Waals surface area contributed by atoms with Crippen LogP contribution < -0.4 is 15.2 Å². The van der Waals surface area contributed by atoms with Gasteiger partial charge in [0.2, 0.25) is 0 Å². The summed E-state index contributed by atoms with van der Waals surface area (Å²) in [6, 6.07) is 4.36. The van der Waals surface area contributed by atoms with Crippen LogP contribution in [0.15, 0.2) is 18.2 Å². The number of benzene rings is 1. The molecule has 1 atom stereocenters. The molecule has 0 aromatic heterocycles. The third-order valence-corrected chi connectivity index (χ3v) is 5.49. The van der Waals surface area contributed by atoms with Crippen molar-refractivity contribution in [3.05, 3.63) is 23.8 Å². The van der Waals surface area contributed by atoms with Gasteiger partial charge in [-0.15, -0.1) is 0 Å². The Balaban J connectivity index is 3.08.